The van der Waals surface area contributed by atoms with Gasteiger partial charge in [-0.2, -0.15) is 0 Å². The number of nitrogens with zero attached hydrogens (tertiary/aromatic N) is 1. The summed E-state index contributed by atoms with van der Waals surface area (Å²) in [5.74, 6) is -0.904. The number of hydrogen-bond donors (Lipinski definition) is 1. The highest BCUT2D eigenvalue weighted by Crippen LogP contribution is 2.23. The smallest absolute Gasteiger partial charge is 0.329 e. The van der Waals surface area contributed by atoms with Crippen molar-refractivity contribution in [1.29, 1.82) is 0 Å². The van der Waals surface area contributed by atoms with E-state index in [1.165, 1.54) is 17.7 Å². The lowest BCUT2D eigenvalue weighted by Gasteiger charge is -2.35. The molecule has 1 amide bonds. The molecule has 4 heteroatoms. The van der Waals surface area contributed by atoms with Gasteiger partial charge >= 0.3 is 5.97 Å². The molecule has 4 nitrogen and oxygen atoms in total. The minimum Gasteiger partial charge on any atom is -0.480 e. The molecule has 0 saturated heterocycles. The van der Waals surface area contributed by atoms with Crippen LogP contribution in [0.25, 0.3) is 0 Å². The highest BCUT2D eigenvalue weighted by molar-refractivity contribution is 5.80. The van der Waals surface area contributed by atoms with Gasteiger partial charge in [0, 0.05) is 6.54 Å². The van der Waals surface area contributed by atoms with Crippen LogP contribution in [0, 0.1) is 0 Å². The standard InChI is InChI=1S/C14H27NO3/c1-4-6-7-8-9-10-14(3,13(17)18)15(12-16)11-5-2/h12H,4-11H2,1-3H3,(H,17,18). The van der Waals surface area contributed by atoms with Crippen LogP contribution in [-0.4, -0.2) is 34.5 Å². The van der Waals surface area contributed by atoms with Crippen LogP contribution >= 0.6 is 0 Å². The number of rotatable bonds is 11. The molecule has 0 fully saturated rings. The molecule has 1 N–H and O–H groups in total. The van der Waals surface area contributed by atoms with E-state index in [4.69, 9.17) is 0 Å². The number of amides is 1. The van der Waals surface area contributed by atoms with Crippen molar-refractivity contribution in [3.63, 3.8) is 0 Å². The third kappa shape index (κ3) is 5.07. The number of carboxylic acid groups (broad SMARTS) is 1. The summed E-state index contributed by atoms with van der Waals surface area (Å²) in [5, 5.41) is 9.36. The zero-order chi connectivity index (χ0) is 14.0. The lowest BCUT2D eigenvalue weighted by molar-refractivity contribution is -0.154. The zero-order valence-corrected chi connectivity index (χ0v) is 11.9. The molecule has 0 rings (SSSR count). The van der Waals surface area contributed by atoms with Crippen LogP contribution in [0.15, 0.2) is 0 Å². The first-order chi connectivity index (χ1) is 8.52. The van der Waals surface area contributed by atoms with E-state index in [2.05, 4.69) is 6.92 Å². The van der Waals surface area contributed by atoms with Gasteiger partial charge in [-0.1, -0.05) is 46.0 Å². The van der Waals surface area contributed by atoms with E-state index in [0.717, 1.165) is 25.7 Å². The van der Waals surface area contributed by atoms with Crippen LogP contribution in [-0.2, 0) is 9.59 Å². The summed E-state index contributed by atoms with van der Waals surface area (Å²) in [6.07, 6.45) is 7.38. The normalized spacial score (nSPS) is 13.9. The Bertz CT molecular complexity index is 255. The molecule has 0 aliphatic rings. The molecule has 18 heavy (non-hydrogen) atoms. The van der Waals surface area contributed by atoms with Gasteiger partial charge < -0.3 is 10.0 Å². The zero-order valence-electron chi connectivity index (χ0n) is 11.9. The molecule has 106 valence electrons. The van der Waals surface area contributed by atoms with Crippen LogP contribution < -0.4 is 0 Å². The maximum absolute atomic E-state index is 11.4. The summed E-state index contributed by atoms with van der Waals surface area (Å²) in [6, 6.07) is 0. The second-order valence-electron chi connectivity index (χ2n) is 5.04. The molecule has 0 aromatic heterocycles. The van der Waals surface area contributed by atoms with Crippen molar-refractivity contribution in [1.82, 2.24) is 4.90 Å². The summed E-state index contributed by atoms with van der Waals surface area (Å²) in [7, 11) is 0. The second kappa shape index (κ2) is 8.95. The van der Waals surface area contributed by atoms with Gasteiger partial charge in [-0.05, 0) is 19.8 Å². The molecule has 1 atom stereocenters. The van der Waals surface area contributed by atoms with E-state index in [0.29, 0.717) is 19.4 Å². The Morgan fingerprint density at radius 1 is 1.17 bits per heavy atom. The van der Waals surface area contributed by atoms with Gasteiger partial charge in [-0.15, -0.1) is 0 Å². The van der Waals surface area contributed by atoms with Crippen LogP contribution in [0.1, 0.15) is 65.7 Å². The van der Waals surface area contributed by atoms with Crippen molar-refractivity contribution < 1.29 is 14.7 Å². The Kier molecular flexibility index (Phi) is 8.42. The Hall–Kier alpha value is -1.06. The Morgan fingerprint density at radius 2 is 1.78 bits per heavy atom. The summed E-state index contributed by atoms with van der Waals surface area (Å²) in [5.41, 5.74) is -1.05. The van der Waals surface area contributed by atoms with E-state index in [9.17, 15) is 14.7 Å². The lowest BCUT2D eigenvalue weighted by atomic mass is 9.92. The molecular formula is C14H27NO3. The summed E-state index contributed by atoms with van der Waals surface area (Å²) < 4.78 is 0. The number of carbonyl (C=O) groups excluding carboxylic acids is 1. The van der Waals surface area contributed by atoms with Gasteiger partial charge in [0.25, 0.3) is 0 Å². The minimum absolute atomic E-state index is 0.501. The van der Waals surface area contributed by atoms with Crippen LogP contribution in [0.3, 0.4) is 0 Å². The summed E-state index contributed by atoms with van der Waals surface area (Å²) in [4.78, 5) is 23.9. The second-order valence-corrected chi connectivity index (χ2v) is 5.04. The molecule has 0 bridgehead atoms. The number of hydrogen-bond acceptors (Lipinski definition) is 2. The molecular weight excluding hydrogens is 230 g/mol. The summed E-state index contributed by atoms with van der Waals surface area (Å²) in [6.45, 7) is 6.25. The van der Waals surface area contributed by atoms with E-state index >= 15 is 0 Å². The maximum Gasteiger partial charge on any atom is 0.329 e. The van der Waals surface area contributed by atoms with Crippen molar-refractivity contribution in [3.05, 3.63) is 0 Å². The molecule has 0 aromatic carbocycles. The van der Waals surface area contributed by atoms with Gasteiger partial charge in [0.1, 0.15) is 5.54 Å². The highest BCUT2D eigenvalue weighted by atomic mass is 16.4. The number of carbonyl (C=O) groups is 2. The molecule has 0 saturated carbocycles. The Labute approximate surface area is 110 Å². The number of carboxylic acids is 1. The van der Waals surface area contributed by atoms with Crippen LogP contribution in [0.5, 0.6) is 0 Å². The summed E-state index contributed by atoms with van der Waals surface area (Å²) >= 11 is 0. The van der Waals surface area contributed by atoms with Crippen molar-refractivity contribution in [2.75, 3.05) is 6.54 Å². The largest absolute Gasteiger partial charge is 0.480 e. The first kappa shape index (κ1) is 16.9. The molecule has 0 radical (unpaired) electrons. The number of aliphatic carboxylic acids is 1. The molecule has 0 aromatic rings. The quantitative estimate of drug-likeness (QED) is 0.457. The van der Waals surface area contributed by atoms with E-state index in [1.54, 1.807) is 6.92 Å². The van der Waals surface area contributed by atoms with Gasteiger partial charge in [0.05, 0.1) is 0 Å². The average molecular weight is 257 g/mol. The van der Waals surface area contributed by atoms with E-state index < -0.39 is 11.5 Å². The van der Waals surface area contributed by atoms with Gasteiger partial charge in [-0.25, -0.2) is 4.79 Å². The van der Waals surface area contributed by atoms with Crippen molar-refractivity contribution in [2.45, 2.75) is 71.3 Å². The minimum atomic E-state index is -1.05. The van der Waals surface area contributed by atoms with Crippen LogP contribution in [0.4, 0.5) is 0 Å². The Morgan fingerprint density at radius 3 is 2.22 bits per heavy atom. The SMILES string of the molecule is CCCCCCCC(C)(C(=O)O)N(C=O)CCC. The fourth-order valence-electron chi connectivity index (χ4n) is 2.10. The average Bonchev–Trinajstić information content (AvgIpc) is 2.35. The van der Waals surface area contributed by atoms with E-state index in [1.807, 2.05) is 6.92 Å². The maximum atomic E-state index is 11.4. The molecule has 0 aliphatic carbocycles. The third-order valence-electron chi connectivity index (χ3n) is 3.45. The molecule has 0 spiro atoms. The van der Waals surface area contributed by atoms with Gasteiger partial charge in [0.2, 0.25) is 6.41 Å². The number of unbranched alkanes of at least 4 members (excludes halogenated alkanes) is 4. The van der Waals surface area contributed by atoms with Crippen molar-refractivity contribution >= 4 is 12.4 Å². The van der Waals surface area contributed by atoms with E-state index in [-0.39, 0.29) is 0 Å². The topological polar surface area (TPSA) is 57.6 Å². The highest BCUT2D eigenvalue weighted by Gasteiger charge is 2.37. The molecule has 0 heterocycles. The first-order valence-electron chi connectivity index (χ1n) is 6.98. The monoisotopic (exact) mass is 257 g/mol. The lowest BCUT2D eigenvalue weighted by Crippen LogP contribution is -2.52. The van der Waals surface area contributed by atoms with Crippen molar-refractivity contribution in [2.24, 2.45) is 0 Å². The third-order valence-corrected chi connectivity index (χ3v) is 3.45. The van der Waals surface area contributed by atoms with Crippen molar-refractivity contribution in [3.8, 4) is 0 Å². The Balaban J connectivity index is 4.41. The molecule has 0 aliphatic heterocycles. The first-order valence-corrected chi connectivity index (χ1v) is 6.98. The van der Waals surface area contributed by atoms with Gasteiger partial charge in [-0.3, -0.25) is 4.79 Å². The van der Waals surface area contributed by atoms with Gasteiger partial charge in [0.15, 0.2) is 0 Å². The predicted octanol–water partition coefficient (Wildman–Crippen LogP) is 3.06. The fourth-order valence-corrected chi connectivity index (χ4v) is 2.10. The fraction of sp³-hybridized carbons (Fsp3) is 0.857. The molecule has 1 unspecified atom stereocenters. The van der Waals surface area contributed by atoms with Crippen LogP contribution in [0.2, 0.25) is 0 Å². The predicted molar refractivity (Wildman–Crippen MR) is 72.5 cm³/mol.